The van der Waals surface area contributed by atoms with E-state index in [2.05, 4.69) is 35.6 Å². The minimum atomic E-state index is -1.08. The van der Waals surface area contributed by atoms with Crippen LogP contribution in [0.15, 0.2) is 37.1 Å². The third-order valence-electron chi connectivity index (χ3n) is 5.02. The van der Waals surface area contributed by atoms with Crippen molar-refractivity contribution in [3.05, 3.63) is 48.3 Å². The molecule has 3 N–H and O–H groups in total. The van der Waals surface area contributed by atoms with E-state index >= 15 is 0 Å². The lowest BCUT2D eigenvalue weighted by Crippen LogP contribution is -2.16. The molecule has 0 bridgehead atoms. The molecule has 0 radical (unpaired) electrons. The number of carbonyl (C=O) groups excluding carboxylic acids is 1. The maximum Gasteiger partial charge on any atom is 0.231 e. The summed E-state index contributed by atoms with van der Waals surface area (Å²) < 4.78 is 13.1. The Bertz CT molecular complexity index is 1110. The van der Waals surface area contributed by atoms with Crippen LogP contribution in [0, 0.1) is 12.8 Å². The van der Waals surface area contributed by atoms with Crippen molar-refractivity contribution in [2.75, 3.05) is 10.6 Å². The van der Waals surface area contributed by atoms with Crippen molar-refractivity contribution in [2.24, 2.45) is 5.92 Å². The summed E-state index contributed by atoms with van der Waals surface area (Å²) in [5, 5.41) is 15.8. The fraction of sp³-hybridized carbons (Fsp3) is 0.333. The van der Waals surface area contributed by atoms with E-state index in [-0.39, 0.29) is 12.2 Å². The fourth-order valence-corrected chi connectivity index (χ4v) is 3.05. The first-order valence-electron chi connectivity index (χ1n) is 9.96. The Balaban J connectivity index is 1.58. The second-order valence-electron chi connectivity index (χ2n) is 7.36. The number of nitrogens with one attached hydrogen (secondary N) is 2. The molecule has 3 aromatic rings. The van der Waals surface area contributed by atoms with Crippen LogP contribution in [-0.4, -0.2) is 42.1 Å². The molecule has 0 saturated heterocycles. The molecule has 1 saturated carbocycles. The van der Waals surface area contributed by atoms with Gasteiger partial charge in [-0.25, -0.2) is 24.3 Å². The number of nitrogens with zero attached hydrogens (tertiary/aromatic N) is 5. The van der Waals surface area contributed by atoms with Gasteiger partial charge in [-0.15, -0.1) is 0 Å². The molecule has 1 aliphatic rings. The summed E-state index contributed by atoms with van der Waals surface area (Å²) in [7, 11) is 0. The molecular weight excluding hydrogens is 401 g/mol. The second kappa shape index (κ2) is 8.68. The highest BCUT2D eigenvalue weighted by Crippen LogP contribution is 2.35. The molecule has 1 aliphatic carbocycles. The first kappa shape index (κ1) is 20.7. The highest BCUT2D eigenvalue weighted by molar-refractivity contribution is 5.94. The van der Waals surface area contributed by atoms with Gasteiger partial charge in [0.25, 0.3) is 0 Å². The summed E-state index contributed by atoms with van der Waals surface area (Å²) in [4.78, 5) is 33.3. The average Bonchev–Trinajstić information content (AvgIpc) is 3.52. The van der Waals surface area contributed by atoms with Gasteiger partial charge in [0.15, 0.2) is 5.82 Å². The smallest absolute Gasteiger partial charge is 0.231 e. The molecule has 0 spiro atoms. The summed E-state index contributed by atoms with van der Waals surface area (Å²) >= 11 is 0. The summed E-state index contributed by atoms with van der Waals surface area (Å²) in [6, 6.07) is 3.38. The largest absolute Gasteiger partial charge is 0.387 e. The SMILES string of the molecule is CC[C@@H](O)c1cc(C)c(Nc2nccnc2-c2cc(NC(=O)[C@H]3C[C@H]3F)ncn2)cn1. The van der Waals surface area contributed by atoms with Gasteiger partial charge in [0, 0.05) is 18.5 Å². The van der Waals surface area contributed by atoms with Crippen LogP contribution < -0.4 is 10.6 Å². The van der Waals surface area contributed by atoms with Crippen LogP contribution in [0.4, 0.5) is 21.7 Å². The van der Waals surface area contributed by atoms with Crippen LogP contribution in [0.2, 0.25) is 0 Å². The molecule has 3 aromatic heterocycles. The molecule has 1 amide bonds. The Labute approximate surface area is 178 Å². The molecule has 0 aliphatic heterocycles. The maximum atomic E-state index is 13.1. The van der Waals surface area contributed by atoms with Gasteiger partial charge < -0.3 is 15.7 Å². The Hall–Kier alpha value is -3.53. The van der Waals surface area contributed by atoms with E-state index in [1.165, 1.54) is 12.5 Å². The van der Waals surface area contributed by atoms with Crippen LogP contribution in [0.25, 0.3) is 11.4 Å². The van der Waals surface area contributed by atoms with Crippen LogP contribution >= 0.6 is 0 Å². The summed E-state index contributed by atoms with van der Waals surface area (Å²) in [6.45, 7) is 3.79. The van der Waals surface area contributed by atoms with Gasteiger partial charge in [-0.05, 0) is 31.4 Å². The van der Waals surface area contributed by atoms with Gasteiger partial charge in [0.2, 0.25) is 5.91 Å². The third kappa shape index (κ3) is 4.64. The lowest BCUT2D eigenvalue weighted by atomic mass is 10.1. The summed E-state index contributed by atoms with van der Waals surface area (Å²) in [5.41, 5.74) is 3.09. The number of aromatic nitrogens is 5. The number of rotatable bonds is 7. The zero-order chi connectivity index (χ0) is 22.0. The first-order chi connectivity index (χ1) is 15.0. The number of amides is 1. The van der Waals surface area contributed by atoms with Crippen LogP contribution in [0.3, 0.4) is 0 Å². The van der Waals surface area contributed by atoms with Crippen LogP contribution in [0.5, 0.6) is 0 Å². The normalized spacial score (nSPS) is 18.3. The molecule has 1 fully saturated rings. The Morgan fingerprint density at radius 1 is 1.23 bits per heavy atom. The quantitative estimate of drug-likeness (QED) is 0.529. The molecule has 31 heavy (non-hydrogen) atoms. The Morgan fingerprint density at radius 3 is 2.71 bits per heavy atom. The number of carbonyl (C=O) groups is 1. The van der Waals surface area contributed by atoms with E-state index < -0.39 is 24.1 Å². The number of pyridine rings is 1. The number of anilines is 3. The molecule has 160 valence electrons. The van der Waals surface area contributed by atoms with Gasteiger partial charge in [-0.1, -0.05) is 6.92 Å². The molecule has 4 rings (SSSR count). The standard InChI is InChI=1S/C21H22FN7O2/c1-3-17(30)14-6-11(2)16(9-25-14)28-20-19(23-4-5-24-20)15-8-18(27-10-26-15)29-21(31)12-7-13(12)22/h4-6,8-10,12-13,17,30H,3,7H2,1-2H3,(H,24,28)(H,26,27,29,31)/t12-,13+,17+/m0/s1. The predicted molar refractivity (Wildman–Crippen MR) is 112 cm³/mol. The molecule has 10 heteroatoms. The fourth-order valence-electron chi connectivity index (χ4n) is 3.05. The van der Waals surface area contributed by atoms with Gasteiger partial charge in [0.05, 0.1) is 35.3 Å². The zero-order valence-corrected chi connectivity index (χ0v) is 17.1. The average molecular weight is 423 g/mol. The number of aliphatic hydroxyl groups excluding tert-OH is 1. The number of aryl methyl sites for hydroxylation is 1. The van der Waals surface area contributed by atoms with E-state index in [1.807, 2.05) is 19.9 Å². The van der Waals surface area contributed by atoms with Crippen molar-refractivity contribution in [1.29, 1.82) is 0 Å². The molecule has 0 unspecified atom stereocenters. The Morgan fingerprint density at radius 2 is 2.00 bits per heavy atom. The van der Waals surface area contributed by atoms with Crippen molar-refractivity contribution in [3.63, 3.8) is 0 Å². The summed E-state index contributed by atoms with van der Waals surface area (Å²) in [6.07, 6.45) is 5.13. The topological polar surface area (TPSA) is 126 Å². The van der Waals surface area contributed by atoms with Crippen LogP contribution in [-0.2, 0) is 4.79 Å². The molecule has 3 atom stereocenters. The third-order valence-corrected chi connectivity index (χ3v) is 5.02. The lowest BCUT2D eigenvalue weighted by Gasteiger charge is -2.14. The number of hydrogen-bond donors (Lipinski definition) is 3. The van der Waals surface area contributed by atoms with Crippen molar-refractivity contribution >= 4 is 23.2 Å². The van der Waals surface area contributed by atoms with E-state index in [1.54, 1.807) is 18.5 Å². The van der Waals surface area contributed by atoms with Crippen molar-refractivity contribution in [2.45, 2.75) is 39.0 Å². The van der Waals surface area contributed by atoms with Crippen molar-refractivity contribution in [1.82, 2.24) is 24.9 Å². The molecule has 0 aromatic carbocycles. The molecule has 3 heterocycles. The van der Waals surface area contributed by atoms with E-state index in [9.17, 15) is 14.3 Å². The second-order valence-corrected chi connectivity index (χ2v) is 7.36. The van der Waals surface area contributed by atoms with Crippen LogP contribution in [0.1, 0.15) is 37.1 Å². The molecule has 9 nitrogen and oxygen atoms in total. The predicted octanol–water partition coefficient (Wildman–Crippen LogP) is 3.12. The van der Waals surface area contributed by atoms with Gasteiger partial charge in [-0.3, -0.25) is 9.78 Å². The Kier molecular flexibility index (Phi) is 5.81. The number of halogens is 1. The first-order valence-corrected chi connectivity index (χ1v) is 9.96. The lowest BCUT2D eigenvalue weighted by molar-refractivity contribution is -0.117. The van der Waals surface area contributed by atoms with Crippen molar-refractivity contribution < 1.29 is 14.3 Å². The zero-order valence-electron chi connectivity index (χ0n) is 17.1. The van der Waals surface area contributed by atoms with E-state index in [0.29, 0.717) is 35.0 Å². The highest BCUT2D eigenvalue weighted by atomic mass is 19.1. The van der Waals surface area contributed by atoms with E-state index in [0.717, 1.165) is 5.56 Å². The number of aliphatic hydroxyl groups is 1. The maximum absolute atomic E-state index is 13.1. The summed E-state index contributed by atoms with van der Waals surface area (Å²) in [5.74, 6) is -0.304. The van der Waals surface area contributed by atoms with Gasteiger partial charge >= 0.3 is 0 Å². The molecular formula is C21H22FN7O2. The number of alkyl halides is 1. The number of hydrogen-bond acceptors (Lipinski definition) is 8. The minimum Gasteiger partial charge on any atom is -0.387 e. The minimum absolute atomic E-state index is 0.240. The highest BCUT2D eigenvalue weighted by Gasteiger charge is 2.43. The van der Waals surface area contributed by atoms with Gasteiger partial charge in [0.1, 0.15) is 24.0 Å². The van der Waals surface area contributed by atoms with E-state index in [4.69, 9.17) is 0 Å². The van der Waals surface area contributed by atoms with Gasteiger partial charge in [-0.2, -0.15) is 0 Å². The van der Waals surface area contributed by atoms with Crippen molar-refractivity contribution in [3.8, 4) is 11.4 Å². The monoisotopic (exact) mass is 423 g/mol.